The average molecular weight is 515 g/mol. The van der Waals surface area contributed by atoms with Gasteiger partial charge in [0.15, 0.2) is 17.5 Å². The molecular weight excluding hydrogens is 487 g/mol. The first kappa shape index (κ1) is 26.7. The molecule has 4 rings (SSSR count). The minimum Gasteiger partial charge on any atom is -0.423 e. The van der Waals surface area contributed by atoms with E-state index in [1.807, 2.05) is 0 Å². The lowest BCUT2D eigenvalue weighted by atomic mass is 9.80. The zero-order valence-corrected chi connectivity index (χ0v) is 20.5. The van der Waals surface area contributed by atoms with E-state index in [0.29, 0.717) is 0 Å². The van der Waals surface area contributed by atoms with Crippen LogP contribution in [0.15, 0.2) is 36.4 Å². The molecule has 37 heavy (non-hydrogen) atoms. The standard InChI is InChI=1S/C30H27F5O2/c1-2-3-4-5-18-6-8-19(9-7-18)10-11-20-14-24(31)27(25(32)15-20)30(36)37-22-12-13-23-21(16-22)17-26(33)29(35)28(23)34/h12-19H,2-9H2,1H3. The van der Waals surface area contributed by atoms with Crippen molar-refractivity contribution in [1.82, 2.24) is 0 Å². The van der Waals surface area contributed by atoms with Crippen molar-refractivity contribution in [2.24, 2.45) is 11.8 Å². The van der Waals surface area contributed by atoms with Gasteiger partial charge in [0.1, 0.15) is 22.9 Å². The summed E-state index contributed by atoms with van der Waals surface area (Å²) in [6.45, 7) is 2.19. The van der Waals surface area contributed by atoms with Crippen molar-refractivity contribution in [1.29, 1.82) is 0 Å². The first-order valence-electron chi connectivity index (χ1n) is 12.6. The second-order valence-corrected chi connectivity index (χ2v) is 9.56. The molecule has 0 aliphatic heterocycles. The molecule has 2 nitrogen and oxygen atoms in total. The van der Waals surface area contributed by atoms with Crippen LogP contribution in [-0.4, -0.2) is 5.97 Å². The molecule has 3 aromatic rings. The molecule has 0 saturated heterocycles. The highest BCUT2D eigenvalue weighted by Gasteiger charge is 2.22. The van der Waals surface area contributed by atoms with Gasteiger partial charge >= 0.3 is 5.97 Å². The number of carbonyl (C=O) groups is 1. The number of hydrogen-bond acceptors (Lipinski definition) is 2. The average Bonchev–Trinajstić information content (AvgIpc) is 2.86. The number of unbranched alkanes of at least 4 members (excludes halogenated alkanes) is 2. The predicted octanol–water partition coefficient (Wildman–Crippen LogP) is 8.49. The zero-order valence-electron chi connectivity index (χ0n) is 20.5. The van der Waals surface area contributed by atoms with Gasteiger partial charge in [-0.2, -0.15) is 0 Å². The molecule has 194 valence electrons. The Morgan fingerprint density at radius 2 is 1.59 bits per heavy atom. The predicted molar refractivity (Wildman–Crippen MR) is 132 cm³/mol. The Labute approximate surface area is 212 Å². The third-order valence-electron chi connectivity index (χ3n) is 6.88. The molecule has 0 unspecified atom stereocenters. The van der Waals surface area contributed by atoms with Crippen molar-refractivity contribution in [2.75, 3.05) is 0 Å². The van der Waals surface area contributed by atoms with Crippen LogP contribution in [0.2, 0.25) is 0 Å². The van der Waals surface area contributed by atoms with Gasteiger partial charge in [0.25, 0.3) is 0 Å². The van der Waals surface area contributed by atoms with E-state index in [9.17, 15) is 26.7 Å². The molecule has 1 saturated carbocycles. The van der Waals surface area contributed by atoms with Gasteiger partial charge in [-0.1, -0.05) is 44.4 Å². The Kier molecular flexibility index (Phi) is 8.48. The Morgan fingerprint density at radius 1 is 0.892 bits per heavy atom. The van der Waals surface area contributed by atoms with Crippen molar-refractivity contribution < 1.29 is 31.5 Å². The van der Waals surface area contributed by atoms with E-state index in [2.05, 4.69) is 18.8 Å². The zero-order chi connectivity index (χ0) is 26.5. The largest absolute Gasteiger partial charge is 0.423 e. The van der Waals surface area contributed by atoms with Crippen LogP contribution in [0.1, 0.15) is 74.2 Å². The molecule has 1 aliphatic carbocycles. The number of halogens is 5. The number of rotatable bonds is 6. The topological polar surface area (TPSA) is 26.3 Å². The summed E-state index contributed by atoms with van der Waals surface area (Å²) in [5.74, 6) is -1.38. The summed E-state index contributed by atoms with van der Waals surface area (Å²) >= 11 is 0. The number of benzene rings is 3. The van der Waals surface area contributed by atoms with E-state index in [4.69, 9.17) is 4.74 Å². The fraction of sp³-hybridized carbons (Fsp3) is 0.367. The van der Waals surface area contributed by atoms with E-state index in [0.717, 1.165) is 68.0 Å². The Hall–Kier alpha value is -3.40. The van der Waals surface area contributed by atoms with Crippen LogP contribution >= 0.6 is 0 Å². The molecule has 0 N–H and O–H groups in total. The van der Waals surface area contributed by atoms with Crippen LogP contribution in [-0.2, 0) is 0 Å². The first-order valence-corrected chi connectivity index (χ1v) is 12.6. The summed E-state index contributed by atoms with van der Waals surface area (Å²) < 4.78 is 75.2. The molecule has 1 aliphatic rings. The number of hydrogen-bond donors (Lipinski definition) is 0. The van der Waals surface area contributed by atoms with E-state index >= 15 is 0 Å². The van der Waals surface area contributed by atoms with Gasteiger partial charge in [0.2, 0.25) is 0 Å². The number of carbonyl (C=O) groups excluding carboxylic acids is 1. The summed E-state index contributed by atoms with van der Waals surface area (Å²) in [6, 6.07) is 5.98. The monoisotopic (exact) mass is 514 g/mol. The highest BCUT2D eigenvalue weighted by Crippen LogP contribution is 2.32. The molecule has 0 heterocycles. The fourth-order valence-electron chi connectivity index (χ4n) is 4.81. The van der Waals surface area contributed by atoms with Gasteiger partial charge in [0.05, 0.1) is 0 Å². The van der Waals surface area contributed by atoms with Crippen LogP contribution < -0.4 is 4.74 Å². The summed E-state index contributed by atoms with van der Waals surface area (Å²) in [7, 11) is 0. The van der Waals surface area contributed by atoms with E-state index in [1.165, 1.54) is 25.7 Å². The van der Waals surface area contributed by atoms with E-state index in [-0.39, 0.29) is 28.0 Å². The molecule has 0 atom stereocenters. The second kappa shape index (κ2) is 11.8. The number of esters is 1. The lowest BCUT2D eigenvalue weighted by molar-refractivity contribution is 0.0725. The van der Waals surface area contributed by atoms with Gasteiger partial charge < -0.3 is 4.74 Å². The molecular formula is C30H27F5O2. The number of fused-ring (bicyclic) bond motifs is 1. The van der Waals surface area contributed by atoms with Crippen molar-refractivity contribution >= 4 is 16.7 Å². The summed E-state index contributed by atoms with van der Waals surface area (Å²) in [5, 5.41) is -0.313. The smallest absolute Gasteiger partial charge is 0.349 e. The maximum absolute atomic E-state index is 14.7. The van der Waals surface area contributed by atoms with Crippen LogP contribution in [0.3, 0.4) is 0 Å². The fourth-order valence-corrected chi connectivity index (χ4v) is 4.81. The minimum absolute atomic E-state index is 0.0803. The highest BCUT2D eigenvalue weighted by molar-refractivity contribution is 5.93. The van der Waals surface area contributed by atoms with Crippen molar-refractivity contribution in [3.63, 3.8) is 0 Å². The third kappa shape index (κ3) is 6.30. The maximum Gasteiger partial charge on any atom is 0.349 e. The maximum atomic E-state index is 14.7. The second-order valence-electron chi connectivity index (χ2n) is 9.56. The lowest BCUT2D eigenvalue weighted by Gasteiger charge is -2.25. The van der Waals surface area contributed by atoms with E-state index < -0.39 is 40.6 Å². The summed E-state index contributed by atoms with van der Waals surface area (Å²) in [4.78, 5) is 12.5. The Morgan fingerprint density at radius 3 is 2.27 bits per heavy atom. The molecule has 7 heteroatoms. The van der Waals surface area contributed by atoms with Crippen LogP contribution in [0.5, 0.6) is 5.75 Å². The quantitative estimate of drug-likeness (QED) is 0.0823. The van der Waals surface area contributed by atoms with Crippen molar-refractivity contribution in [3.8, 4) is 17.6 Å². The minimum atomic E-state index is -1.63. The molecule has 3 aromatic carbocycles. The third-order valence-corrected chi connectivity index (χ3v) is 6.88. The number of ether oxygens (including phenoxy) is 1. The first-order chi connectivity index (χ1) is 17.8. The SMILES string of the molecule is CCCCCC1CCC(C#Cc2cc(F)c(C(=O)Oc3ccc4c(F)c(F)c(F)cc4c3)c(F)c2)CC1. The normalized spacial score (nSPS) is 17.4. The summed E-state index contributed by atoms with van der Waals surface area (Å²) in [5.41, 5.74) is -0.787. The molecule has 1 fully saturated rings. The van der Waals surface area contributed by atoms with Gasteiger partial charge in [-0.3, -0.25) is 0 Å². The molecule has 0 spiro atoms. The van der Waals surface area contributed by atoms with Crippen LogP contribution in [0.4, 0.5) is 22.0 Å². The Balaban J connectivity index is 1.43. The molecule has 0 amide bonds. The van der Waals surface area contributed by atoms with Gasteiger partial charge in [-0.15, -0.1) is 0 Å². The van der Waals surface area contributed by atoms with Crippen LogP contribution in [0, 0.1) is 52.8 Å². The summed E-state index contributed by atoms with van der Waals surface area (Å²) in [6.07, 6.45) is 9.11. The highest BCUT2D eigenvalue weighted by atomic mass is 19.2. The van der Waals surface area contributed by atoms with Gasteiger partial charge in [0, 0.05) is 16.9 Å². The lowest BCUT2D eigenvalue weighted by Crippen LogP contribution is -2.14. The molecule has 0 aromatic heterocycles. The van der Waals surface area contributed by atoms with E-state index in [1.54, 1.807) is 0 Å². The van der Waals surface area contributed by atoms with Crippen molar-refractivity contribution in [2.45, 2.75) is 58.3 Å². The molecule has 0 radical (unpaired) electrons. The van der Waals surface area contributed by atoms with Crippen molar-refractivity contribution in [3.05, 3.63) is 76.6 Å². The van der Waals surface area contributed by atoms with Gasteiger partial charge in [-0.05, 0) is 73.4 Å². The molecule has 0 bridgehead atoms. The Bertz CT molecular complexity index is 1340. The van der Waals surface area contributed by atoms with Gasteiger partial charge in [-0.25, -0.2) is 26.7 Å². The van der Waals surface area contributed by atoms with Crippen LogP contribution in [0.25, 0.3) is 10.8 Å².